The average Bonchev–Trinajstić information content (AvgIpc) is 2.32. The zero-order valence-corrected chi connectivity index (χ0v) is 11.3. The summed E-state index contributed by atoms with van der Waals surface area (Å²) in [4.78, 5) is 5.14. The second kappa shape index (κ2) is 5.09. The van der Waals surface area contributed by atoms with Gasteiger partial charge in [-0.2, -0.15) is 0 Å². The summed E-state index contributed by atoms with van der Waals surface area (Å²) in [5.41, 5.74) is 1.19. The molecule has 94 valence electrons. The van der Waals surface area contributed by atoms with Gasteiger partial charge in [-0.05, 0) is 31.2 Å². The van der Waals surface area contributed by atoms with Crippen LogP contribution < -0.4 is 5.14 Å². The Morgan fingerprint density at radius 2 is 1.78 bits per heavy atom. The number of nitrogens with zero attached hydrogens (tertiary/aromatic N) is 1. The van der Waals surface area contributed by atoms with E-state index in [9.17, 15) is 8.42 Å². The first-order valence-corrected chi connectivity index (χ1v) is 7.55. The second-order valence-electron chi connectivity index (χ2n) is 3.79. The van der Waals surface area contributed by atoms with Gasteiger partial charge in [-0.1, -0.05) is 29.5 Å². The first-order valence-electron chi connectivity index (χ1n) is 5.18. The van der Waals surface area contributed by atoms with Crippen molar-refractivity contribution in [3.8, 4) is 0 Å². The summed E-state index contributed by atoms with van der Waals surface area (Å²) in [6, 6.07) is 11.1. The number of aromatic nitrogens is 1. The minimum atomic E-state index is -3.67. The van der Waals surface area contributed by atoms with E-state index in [1.165, 1.54) is 29.6 Å². The molecule has 4 nitrogen and oxygen atoms in total. The van der Waals surface area contributed by atoms with Crippen LogP contribution in [-0.2, 0) is 10.0 Å². The molecule has 0 fully saturated rings. The lowest BCUT2D eigenvalue weighted by Gasteiger charge is -2.02. The van der Waals surface area contributed by atoms with Crippen LogP contribution >= 0.6 is 11.8 Å². The normalized spacial score (nSPS) is 11.4. The lowest BCUT2D eigenvalue weighted by Crippen LogP contribution is -2.12. The molecule has 0 radical (unpaired) electrons. The minimum Gasteiger partial charge on any atom is -0.248 e. The predicted molar refractivity (Wildman–Crippen MR) is 70.9 cm³/mol. The summed E-state index contributed by atoms with van der Waals surface area (Å²) < 4.78 is 22.1. The van der Waals surface area contributed by atoms with E-state index in [1.807, 2.05) is 31.2 Å². The molecule has 1 aromatic carbocycles. The van der Waals surface area contributed by atoms with Gasteiger partial charge in [-0.25, -0.2) is 18.5 Å². The van der Waals surface area contributed by atoms with E-state index in [-0.39, 0.29) is 4.90 Å². The van der Waals surface area contributed by atoms with Gasteiger partial charge in [0, 0.05) is 11.1 Å². The molecule has 1 heterocycles. The molecular weight excluding hydrogens is 268 g/mol. The molecule has 0 bridgehead atoms. The van der Waals surface area contributed by atoms with Gasteiger partial charge >= 0.3 is 0 Å². The molecule has 18 heavy (non-hydrogen) atoms. The van der Waals surface area contributed by atoms with Crippen molar-refractivity contribution >= 4 is 21.8 Å². The Labute approximate surface area is 110 Å². The van der Waals surface area contributed by atoms with E-state index >= 15 is 0 Å². The van der Waals surface area contributed by atoms with Crippen LogP contribution in [0.1, 0.15) is 5.56 Å². The molecule has 0 saturated carbocycles. The van der Waals surface area contributed by atoms with Gasteiger partial charge in [0.1, 0.15) is 9.92 Å². The van der Waals surface area contributed by atoms with E-state index in [4.69, 9.17) is 5.14 Å². The lowest BCUT2D eigenvalue weighted by atomic mass is 10.2. The molecule has 2 rings (SSSR count). The summed E-state index contributed by atoms with van der Waals surface area (Å²) in [6.07, 6.45) is 1.27. The number of primary sulfonamides is 1. The Bertz CT molecular complexity index is 635. The topological polar surface area (TPSA) is 73.1 Å². The number of aryl methyl sites for hydroxylation is 1. The summed E-state index contributed by atoms with van der Waals surface area (Å²) >= 11 is 1.47. The molecule has 0 aliphatic carbocycles. The van der Waals surface area contributed by atoms with Crippen molar-refractivity contribution in [2.45, 2.75) is 21.7 Å². The molecule has 0 spiro atoms. The molecular formula is C12H12N2O2S2. The molecule has 1 aromatic heterocycles. The van der Waals surface area contributed by atoms with Crippen LogP contribution in [0, 0.1) is 6.92 Å². The van der Waals surface area contributed by atoms with Crippen molar-refractivity contribution in [3.63, 3.8) is 0 Å². The Morgan fingerprint density at radius 1 is 1.11 bits per heavy atom. The molecule has 0 unspecified atom stereocenters. The smallest absolute Gasteiger partial charge is 0.239 e. The number of rotatable bonds is 3. The van der Waals surface area contributed by atoms with Gasteiger partial charge in [0.2, 0.25) is 10.0 Å². The molecule has 0 atom stereocenters. The van der Waals surface area contributed by atoms with Crippen molar-refractivity contribution in [3.05, 3.63) is 48.2 Å². The number of hydrogen-bond donors (Lipinski definition) is 1. The highest BCUT2D eigenvalue weighted by atomic mass is 32.2. The third kappa shape index (κ3) is 3.32. The third-order valence-corrected chi connectivity index (χ3v) is 4.14. The Kier molecular flexibility index (Phi) is 3.70. The van der Waals surface area contributed by atoms with Gasteiger partial charge in [0.15, 0.2) is 0 Å². The maximum atomic E-state index is 11.1. The molecule has 2 N–H and O–H groups in total. The Hall–Kier alpha value is -1.37. The average molecular weight is 280 g/mol. The van der Waals surface area contributed by atoms with E-state index in [2.05, 4.69) is 4.98 Å². The fraction of sp³-hybridized carbons (Fsp3) is 0.0833. The summed E-state index contributed by atoms with van der Waals surface area (Å²) in [6.45, 7) is 2.02. The molecule has 0 aliphatic rings. The molecule has 6 heteroatoms. The largest absolute Gasteiger partial charge is 0.248 e. The fourth-order valence-electron chi connectivity index (χ4n) is 1.32. The standard InChI is InChI=1S/C12H12N2O2S2/c1-9-2-4-10(5-3-9)17-12-7-6-11(8-14-12)18(13,15)16/h2-8H,1H3,(H2,13,15,16). The Balaban J connectivity index is 2.18. The van der Waals surface area contributed by atoms with Crippen LogP contribution in [0.2, 0.25) is 0 Å². The van der Waals surface area contributed by atoms with Crippen molar-refractivity contribution < 1.29 is 8.42 Å². The van der Waals surface area contributed by atoms with Gasteiger partial charge in [-0.15, -0.1) is 0 Å². The number of benzene rings is 1. The minimum absolute atomic E-state index is 0.0238. The predicted octanol–water partition coefficient (Wildman–Crippen LogP) is 2.19. The lowest BCUT2D eigenvalue weighted by molar-refractivity contribution is 0.597. The third-order valence-electron chi connectivity index (χ3n) is 2.28. The van der Waals surface area contributed by atoms with E-state index in [0.29, 0.717) is 0 Å². The zero-order valence-electron chi connectivity index (χ0n) is 9.70. The van der Waals surface area contributed by atoms with Gasteiger partial charge < -0.3 is 0 Å². The second-order valence-corrected chi connectivity index (χ2v) is 6.45. The molecule has 0 saturated heterocycles. The van der Waals surface area contributed by atoms with Crippen LogP contribution in [-0.4, -0.2) is 13.4 Å². The molecule has 2 aromatic rings. The maximum Gasteiger partial charge on any atom is 0.239 e. The Morgan fingerprint density at radius 3 is 2.28 bits per heavy atom. The number of sulfonamides is 1. The molecule has 0 aliphatic heterocycles. The monoisotopic (exact) mass is 280 g/mol. The fourth-order valence-corrected chi connectivity index (χ4v) is 2.53. The van der Waals surface area contributed by atoms with Crippen LogP contribution in [0.15, 0.2) is 57.4 Å². The van der Waals surface area contributed by atoms with Crippen molar-refractivity contribution in [2.75, 3.05) is 0 Å². The van der Waals surface area contributed by atoms with Crippen molar-refractivity contribution in [2.24, 2.45) is 5.14 Å². The van der Waals surface area contributed by atoms with Crippen molar-refractivity contribution in [1.29, 1.82) is 0 Å². The number of pyridine rings is 1. The van der Waals surface area contributed by atoms with Crippen LogP contribution in [0.25, 0.3) is 0 Å². The van der Waals surface area contributed by atoms with Gasteiger partial charge in [0.25, 0.3) is 0 Å². The van der Waals surface area contributed by atoms with Crippen LogP contribution in [0.3, 0.4) is 0 Å². The highest BCUT2D eigenvalue weighted by Crippen LogP contribution is 2.26. The first kappa shape index (κ1) is 13.1. The molecule has 0 amide bonds. The summed E-state index contributed by atoms with van der Waals surface area (Å²) in [5.74, 6) is 0. The number of nitrogens with two attached hydrogens (primary N) is 1. The summed E-state index contributed by atoms with van der Waals surface area (Å²) in [7, 11) is -3.67. The number of hydrogen-bond acceptors (Lipinski definition) is 4. The van der Waals surface area contributed by atoms with Crippen LogP contribution in [0.5, 0.6) is 0 Å². The van der Waals surface area contributed by atoms with E-state index < -0.39 is 10.0 Å². The van der Waals surface area contributed by atoms with E-state index in [0.717, 1.165) is 9.92 Å². The van der Waals surface area contributed by atoms with Gasteiger partial charge in [-0.3, -0.25) is 0 Å². The summed E-state index contributed by atoms with van der Waals surface area (Å²) in [5, 5.41) is 5.73. The van der Waals surface area contributed by atoms with Gasteiger partial charge in [0.05, 0.1) is 0 Å². The highest BCUT2D eigenvalue weighted by molar-refractivity contribution is 7.99. The highest BCUT2D eigenvalue weighted by Gasteiger charge is 2.08. The maximum absolute atomic E-state index is 11.1. The first-order chi connectivity index (χ1) is 8.45. The SMILES string of the molecule is Cc1ccc(Sc2ccc(S(N)(=O)=O)cn2)cc1. The van der Waals surface area contributed by atoms with Crippen molar-refractivity contribution in [1.82, 2.24) is 4.98 Å². The zero-order chi connectivity index (χ0) is 13.2. The van der Waals surface area contributed by atoms with Crippen LogP contribution in [0.4, 0.5) is 0 Å². The van der Waals surface area contributed by atoms with E-state index in [1.54, 1.807) is 6.07 Å². The quantitative estimate of drug-likeness (QED) is 0.935.